The molecule has 0 aliphatic carbocycles. The molecule has 0 saturated heterocycles. The molecule has 0 spiro atoms. The maximum Gasteiger partial charge on any atom is 0.325 e. The second-order valence-corrected chi connectivity index (χ2v) is 5.08. The zero-order chi connectivity index (χ0) is 16.1. The van der Waals surface area contributed by atoms with Crippen LogP contribution in [0.15, 0.2) is 66.9 Å². The van der Waals surface area contributed by atoms with Crippen LogP contribution in [-0.2, 0) is 17.9 Å². The minimum Gasteiger partial charge on any atom is -0.480 e. The van der Waals surface area contributed by atoms with Gasteiger partial charge in [0.05, 0.1) is 5.56 Å². The first kappa shape index (κ1) is 14.8. The third kappa shape index (κ3) is 3.77. The van der Waals surface area contributed by atoms with Crippen molar-refractivity contribution in [2.45, 2.75) is 13.2 Å². The number of nitrogens with zero attached hydrogens (tertiary/aromatic N) is 2. The summed E-state index contributed by atoms with van der Waals surface area (Å²) in [7, 11) is 0. The zero-order valence-electron chi connectivity index (χ0n) is 12.4. The van der Waals surface area contributed by atoms with E-state index in [0.717, 1.165) is 16.7 Å². The molecule has 1 N–H and O–H groups in total. The molecule has 0 unspecified atom stereocenters. The van der Waals surface area contributed by atoms with Crippen molar-refractivity contribution in [1.29, 1.82) is 0 Å². The van der Waals surface area contributed by atoms with Crippen LogP contribution in [0.1, 0.15) is 5.56 Å². The van der Waals surface area contributed by atoms with Crippen LogP contribution in [-0.4, -0.2) is 20.9 Å². The lowest BCUT2D eigenvalue weighted by atomic mass is 10.1. The zero-order valence-corrected chi connectivity index (χ0v) is 12.4. The van der Waals surface area contributed by atoms with Gasteiger partial charge in [-0.1, -0.05) is 60.7 Å². The van der Waals surface area contributed by atoms with Gasteiger partial charge in [-0.3, -0.25) is 9.48 Å². The van der Waals surface area contributed by atoms with Crippen LogP contribution in [0.25, 0.3) is 11.1 Å². The van der Waals surface area contributed by atoms with E-state index in [4.69, 9.17) is 9.84 Å². The molecule has 2 aromatic carbocycles. The Kier molecular flexibility index (Phi) is 4.38. The molecule has 1 aromatic heterocycles. The van der Waals surface area contributed by atoms with E-state index < -0.39 is 5.97 Å². The molecule has 3 rings (SSSR count). The Morgan fingerprint density at radius 3 is 2.35 bits per heavy atom. The highest BCUT2D eigenvalue weighted by Gasteiger charge is 2.14. The van der Waals surface area contributed by atoms with Gasteiger partial charge in [0, 0.05) is 6.20 Å². The van der Waals surface area contributed by atoms with Gasteiger partial charge in [0.25, 0.3) is 0 Å². The van der Waals surface area contributed by atoms with Gasteiger partial charge in [0.15, 0.2) is 0 Å². The molecule has 0 amide bonds. The summed E-state index contributed by atoms with van der Waals surface area (Å²) in [6.07, 6.45) is 1.70. The second-order valence-electron chi connectivity index (χ2n) is 5.08. The number of carbonyl (C=O) groups is 1. The lowest BCUT2D eigenvalue weighted by Gasteiger charge is -2.05. The van der Waals surface area contributed by atoms with Gasteiger partial charge in [-0.15, -0.1) is 5.10 Å². The van der Waals surface area contributed by atoms with Crippen LogP contribution < -0.4 is 4.74 Å². The van der Waals surface area contributed by atoms with Crippen molar-refractivity contribution in [2.24, 2.45) is 0 Å². The SMILES string of the molecule is O=C(O)Cn1cc(-c2ccccc2)c(OCc2ccccc2)n1. The number of rotatable bonds is 6. The quantitative estimate of drug-likeness (QED) is 0.759. The number of benzene rings is 2. The fourth-order valence-corrected chi connectivity index (χ4v) is 2.27. The number of hydrogen-bond donors (Lipinski definition) is 1. The molecule has 116 valence electrons. The van der Waals surface area contributed by atoms with Crippen molar-refractivity contribution in [3.05, 3.63) is 72.4 Å². The first-order valence-electron chi connectivity index (χ1n) is 7.24. The summed E-state index contributed by atoms with van der Waals surface area (Å²) in [5.74, 6) is -0.511. The van der Waals surface area contributed by atoms with Crippen LogP contribution in [0, 0.1) is 0 Å². The fraction of sp³-hybridized carbons (Fsp3) is 0.111. The summed E-state index contributed by atoms with van der Waals surface area (Å²) >= 11 is 0. The Hall–Kier alpha value is -3.08. The highest BCUT2D eigenvalue weighted by atomic mass is 16.5. The molecule has 3 aromatic rings. The molecule has 0 atom stereocenters. The van der Waals surface area contributed by atoms with Gasteiger partial charge in [0.2, 0.25) is 5.88 Å². The molecule has 0 radical (unpaired) electrons. The first-order chi connectivity index (χ1) is 11.2. The van der Waals surface area contributed by atoms with E-state index in [2.05, 4.69) is 5.10 Å². The average Bonchev–Trinajstić information content (AvgIpc) is 2.97. The Balaban J connectivity index is 1.87. The maximum absolute atomic E-state index is 10.9. The number of aromatic nitrogens is 2. The van der Waals surface area contributed by atoms with Gasteiger partial charge in [-0.2, -0.15) is 0 Å². The number of hydrogen-bond acceptors (Lipinski definition) is 3. The van der Waals surface area contributed by atoms with Crippen LogP contribution >= 0.6 is 0 Å². The van der Waals surface area contributed by atoms with Gasteiger partial charge in [-0.05, 0) is 11.1 Å². The third-order valence-corrected chi connectivity index (χ3v) is 3.33. The predicted molar refractivity (Wildman–Crippen MR) is 86.1 cm³/mol. The average molecular weight is 308 g/mol. The van der Waals surface area contributed by atoms with Gasteiger partial charge in [-0.25, -0.2) is 0 Å². The summed E-state index contributed by atoms with van der Waals surface area (Å²) in [5.41, 5.74) is 2.74. The standard InChI is InChI=1S/C18H16N2O3/c21-17(22)12-20-11-16(15-9-5-2-6-10-15)18(19-20)23-13-14-7-3-1-4-8-14/h1-11H,12-13H2,(H,21,22). The van der Waals surface area contributed by atoms with Crippen molar-refractivity contribution in [3.8, 4) is 17.0 Å². The molecular formula is C18H16N2O3. The van der Waals surface area contributed by atoms with E-state index in [-0.39, 0.29) is 6.54 Å². The van der Waals surface area contributed by atoms with E-state index in [1.807, 2.05) is 60.7 Å². The lowest BCUT2D eigenvalue weighted by molar-refractivity contribution is -0.137. The van der Waals surface area contributed by atoms with Crippen LogP contribution in [0.2, 0.25) is 0 Å². The first-order valence-corrected chi connectivity index (χ1v) is 7.24. The number of carboxylic acids is 1. The molecule has 0 fully saturated rings. The second kappa shape index (κ2) is 6.79. The highest BCUT2D eigenvalue weighted by molar-refractivity contribution is 5.70. The van der Waals surface area contributed by atoms with Crippen LogP contribution in [0.4, 0.5) is 0 Å². The predicted octanol–water partition coefficient (Wildman–Crippen LogP) is 3.21. The highest BCUT2D eigenvalue weighted by Crippen LogP contribution is 2.29. The molecule has 0 aliphatic rings. The van der Waals surface area contributed by atoms with Gasteiger partial charge in [0.1, 0.15) is 13.2 Å². The lowest BCUT2D eigenvalue weighted by Crippen LogP contribution is -2.09. The largest absolute Gasteiger partial charge is 0.480 e. The van der Waals surface area contributed by atoms with E-state index in [9.17, 15) is 4.79 Å². The number of ether oxygens (including phenoxy) is 1. The summed E-state index contributed by atoms with van der Waals surface area (Å²) in [6.45, 7) is 0.180. The molecule has 23 heavy (non-hydrogen) atoms. The summed E-state index contributed by atoms with van der Waals surface area (Å²) in [4.78, 5) is 10.9. The van der Waals surface area contributed by atoms with E-state index in [1.165, 1.54) is 4.68 Å². The van der Waals surface area contributed by atoms with Crippen molar-refractivity contribution in [2.75, 3.05) is 0 Å². The summed E-state index contributed by atoms with van der Waals surface area (Å²) in [5, 5.41) is 13.2. The number of aliphatic carboxylic acids is 1. The van der Waals surface area contributed by atoms with Crippen molar-refractivity contribution in [3.63, 3.8) is 0 Å². The molecule has 0 bridgehead atoms. The Bertz CT molecular complexity index is 783. The smallest absolute Gasteiger partial charge is 0.325 e. The minimum absolute atomic E-state index is 0.200. The monoisotopic (exact) mass is 308 g/mol. The normalized spacial score (nSPS) is 10.4. The Labute approximate surface area is 133 Å². The molecule has 1 heterocycles. The minimum atomic E-state index is -0.943. The fourth-order valence-electron chi connectivity index (χ4n) is 2.27. The maximum atomic E-state index is 10.9. The Morgan fingerprint density at radius 1 is 1.04 bits per heavy atom. The molecule has 0 aliphatic heterocycles. The van der Waals surface area contributed by atoms with Gasteiger partial charge >= 0.3 is 5.97 Å². The third-order valence-electron chi connectivity index (χ3n) is 3.33. The molecule has 0 saturated carbocycles. The number of carboxylic acid groups (broad SMARTS) is 1. The van der Waals surface area contributed by atoms with E-state index >= 15 is 0 Å². The van der Waals surface area contributed by atoms with Crippen LogP contribution in [0.3, 0.4) is 0 Å². The summed E-state index contributed by atoms with van der Waals surface area (Å²) < 4.78 is 7.19. The molecular weight excluding hydrogens is 292 g/mol. The van der Waals surface area contributed by atoms with Crippen molar-refractivity contribution < 1.29 is 14.6 Å². The van der Waals surface area contributed by atoms with Crippen LogP contribution in [0.5, 0.6) is 5.88 Å². The van der Waals surface area contributed by atoms with Crippen molar-refractivity contribution in [1.82, 2.24) is 9.78 Å². The van der Waals surface area contributed by atoms with Gasteiger partial charge < -0.3 is 9.84 Å². The molecule has 5 heteroatoms. The summed E-state index contributed by atoms with van der Waals surface area (Å²) in [6, 6.07) is 19.4. The molecule has 5 nitrogen and oxygen atoms in total. The van der Waals surface area contributed by atoms with E-state index in [1.54, 1.807) is 6.20 Å². The Morgan fingerprint density at radius 2 is 1.70 bits per heavy atom. The van der Waals surface area contributed by atoms with Crippen molar-refractivity contribution >= 4 is 5.97 Å². The van der Waals surface area contributed by atoms with E-state index in [0.29, 0.717) is 12.5 Å². The topological polar surface area (TPSA) is 64.3 Å².